The molecule has 1 aromatic rings. The highest BCUT2D eigenvalue weighted by Crippen LogP contribution is 2.21. The number of rotatable bonds is 5. The van der Waals surface area contributed by atoms with Crippen LogP contribution in [-0.4, -0.2) is 17.2 Å². The summed E-state index contributed by atoms with van der Waals surface area (Å²) in [4.78, 5) is 0. The molecule has 0 saturated heterocycles. The minimum atomic E-state index is -0.991. The third-order valence-electron chi connectivity index (χ3n) is 2.17. The van der Waals surface area contributed by atoms with Crippen molar-refractivity contribution >= 4 is 0 Å². The summed E-state index contributed by atoms with van der Waals surface area (Å²) in [5.74, 6) is 0.786. The summed E-state index contributed by atoms with van der Waals surface area (Å²) in [7, 11) is 1.66. The lowest BCUT2D eigenvalue weighted by molar-refractivity contribution is -0.867. The summed E-state index contributed by atoms with van der Waals surface area (Å²) in [6.45, 7) is 4.52. The van der Waals surface area contributed by atoms with Gasteiger partial charge in [0.2, 0.25) is 0 Å². The molecular weight excluding hydrogens is 307 g/mol. The van der Waals surface area contributed by atoms with Crippen LogP contribution in [0.2, 0.25) is 0 Å². The minimum Gasteiger partial charge on any atom is -0.489 e. The van der Waals surface area contributed by atoms with E-state index in [1.807, 2.05) is 32.0 Å². The maximum atomic E-state index is 9.44. The fourth-order valence-electron chi connectivity index (χ4n) is 1.33. The standard InChI is InChI=1S/C11H16IO3/c1-4-15-10-7-5-6-9(8(2)14-3)11(10)12-13/h5-8,13H,4H2,1-3H3/q+1/t8-/m0/s1. The Labute approximate surface area is 101 Å². The van der Waals surface area contributed by atoms with Gasteiger partial charge in [0.05, 0.1) is 12.7 Å². The summed E-state index contributed by atoms with van der Waals surface area (Å²) >= 11 is -0.991. The topological polar surface area (TPSA) is 38.7 Å². The van der Waals surface area contributed by atoms with Gasteiger partial charge in [-0.2, -0.15) is 3.44 Å². The first kappa shape index (κ1) is 12.7. The number of hydrogen-bond acceptors (Lipinski definition) is 3. The van der Waals surface area contributed by atoms with Crippen LogP contribution < -0.4 is 26.4 Å². The van der Waals surface area contributed by atoms with Crippen LogP contribution in [0.5, 0.6) is 5.75 Å². The molecule has 0 fully saturated rings. The number of benzene rings is 1. The SMILES string of the molecule is CCOc1cccc([C@H](C)OC)c1[I+]O. The van der Waals surface area contributed by atoms with E-state index in [0.29, 0.717) is 6.61 Å². The van der Waals surface area contributed by atoms with Crippen LogP contribution in [0.15, 0.2) is 18.2 Å². The second kappa shape index (κ2) is 6.30. The van der Waals surface area contributed by atoms with Crippen LogP contribution in [0.1, 0.15) is 25.5 Å². The van der Waals surface area contributed by atoms with Gasteiger partial charge in [-0.3, -0.25) is 0 Å². The Balaban J connectivity index is 3.09. The summed E-state index contributed by atoms with van der Waals surface area (Å²) in [5, 5.41) is 0. The van der Waals surface area contributed by atoms with Crippen molar-refractivity contribution in [1.82, 2.24) is 0 Å². The number of halogens is 1. The molecular formula is C11H16IO3+. The number of ether oxygens (including phenoxy) is 2. The van der Waals surface area contributed by atoms with Crippen molar-refractivity contribution in [2.45, 2.75) is 20.0 Å². The van der Waals surface area contributed by atoms with E-state index in [-0.39, 0.29) is 6.10 Å². The summed E-state index contributed by atoms with van der Waals surface area (Å²) in [5.41, 5.74) is 1.03. The second-order valence-corrected chi connectivity index (χ2v) is 4.62. The Kier molecular flexibility index (Phi) is 5.35. The zero-order chi connectivity index (χ0) is 11.3. The van der Waals surface area contributed by atoms with Gasteiger partial charge in [-0.25, -0.2) is 0 Å². The first-order valence-corrected chi connectivity index (χ1v) is 6.86. The van der Waals surface area contributed by atoms with Crippen LogP contribution in [0.25, 0.3) is 0 Å². The van der Waals surface area contributed by atoms with E-state index in [0.717, 1.165) is 14.9 Å². The smallest absolute Gasteiger partial charge is 0.489 e. The molecule has 0 bridgehead atoms. The van der Waals surface area contributed by atoms with E-state index >= 15 is 0 Å². The number of hydrogen-bond donors (Lipinski definition) is 1. The highest BCUT2D eigenvalue weighted by molar-refractivity contribution is 5.28. The summed E-state index contributed by atoms with van der Waals surface area (Å²) in [6, 6.07) is 5.79. The van der Waals surface area contributed by atoms with Gasteiger partial charge in [0, 0.05) is 12.7 Å². The van der Waals surface area contributed by atoms with Gasteiger partial charge < -0.3 is 9.47 Å². The van der Waals surface area contributed by atoms with Gasteiger partial charge in [0.25, 0.3) is 3.57 Å². The lowest BCUT2D eigenvalue weighted by Crippen LogP contribution is -3.61. The van der Waals surface area contributed by atoms with E-state index in [1.165, 1.54) is 0 Å². The Morgan fingerprint density at radius 3 is 2.73 bits per heavy atom. The molecule has 0 saturated carbocycles. The normalized spacial score (nSPS) is 12.5. The van der Waals surface area contributed by atoms with E-state index in [4.69, 9.17) is 9.47 Å². The van der Waals surface area contributed by atoms with E-state index < -0.39 is 21.6 Å². The van der Waals surface area contributed by atoms with Crippen molar-refractivity contribution in [3.8, 4) is 5.75 Å². The monoisotopic (exact) mass is 323 g/mol. The molecule has 0 heterocycles. The van der Waals surface area contributed by atoms with Crippen LogP contribution in [0, 0.1) is 3.57 Å². The van der Waals surface area contributed by atoms with Crippen LogP contribution in [0.4, 0.5) is 0 Å². The molecule has 0 radical (unpaired) electrons. The quantitative estimate of drug-likeness (QED) is 0.704. The van der Waals surface area contributed by atoms with Crippen LogP contribution >= 0.6 is 0 Å². The Hall–Kier alpha value is -0.330. The summed E-state index contributed by atoms with van der Waals surface area (Å²) in [6.07, 6.45) is -0.00717. The fourth-order valence-corrected chi connectivity index (χ4v) is 2.80. The zero-order valence-corrected chi connectivity index (χ0v) is 11.3. The predicted molar refractivity (Wildman–Crippen MR) is 54.0 cm³/mol. The Bertz CT molecular complexity index is 315. The average molecular weight is 323 g/mol. The molecule has 0 unspecified atom stereocenters. The lowest BCUT2D eigenvalue weighted by atomic mass is 10.1. The molecule has 15 heavy (non-hydrogen) atoms. The fraction of sp³-hybridized carbons (Fsp3) is 0.455. The highest BCUT2D eigenvalue weighted by Gasteiger charge is 2.25. The molecule has 0 amide bonds. The van der Waals surface area contributed by atoms with Gasteiger partial charge in [0.15, 0.2) is 5.75 Å². The van der Waals surface area contributed by atoms with Crippen molar-refractivity contribution in [2.24, 2.45) is 0 Å². The van der Waals surface area contributed by atoms with Gasteiger partial charge in [-0.15, -0.1) is 0 Å². The maximum Gasteiger partial charge on any atom is 0.523 e. The molecule has 3 nitrogen and oxygen atoms in total. The van der Waals surface area contributed by atoms with Gasteiger partial charge in [-0.1, -0.05) is 12.1 Å². The third kappa shape index (κ3) is 3.06. The van der Waals surface area contributed by atoms with Gasteiger partial charge in [-0.05, 0) is 19.9 Å². The molecule has 0 aliphatic heterocycles. The largest absolute Gasteiger partial charge is 0.523 e. The molecule has 1 N–H and O–H groups in total. The van der Waals surface area contributed by atoms with E-state index in [2.05, 4.69) is 0 Å². The number of methoxy groups -OCH3 is 1. The van der Waals surface area contributed by atoms with Gasteiger partial charge in [0.1, 0.15) is 0 Å². The first-order chi connectivity index (χ1) is 7.24. The first-order valence-electron chi connectivity index (χ1n) is 4.81. The average Bonchev–Trinajstić information content (AvgIpc) is 2.28. The van der Waals surface area contributed by atoms with Crippen molar-refractivity contribution in [2.75, 3.05) is 13.7 Å². The van der Waals surface area contributed by atoms with Crippen molar-refractivity contribution in [3.05, 3.63) is 27.3 Å². The minimum absolute atomic E-state index is 0.00717. The zero-order valence-electron chi connectivity index (χ0n) is 9.16. The van der Waals surface area contributed by atoms with E-state index in [9.17, 15) is 3.44 Å². The van der Waals surface area contributed by atoms with Crippen LogP contribution in [0.3, 0.4) is 0 Å². The molecule has 1 atom stereocenters. The third-order valence-corrected chi connectivity index (χ3v) is 3.81. The van der Waals surface area contributed by atoms with Crippen molar-refractivity contribution in [3.63, 3.8) is 0 Å². The molecule has 4 heteroatoms. The molecule has 1 aromatic carbocycles. The Morgan fingerprint density at radius 1 is 1.47 bits per heavy atom. The Morgan fingerprint density at radius 2 is 2.20 bits per heavy atom. The van der Waals surface area contributed by atoms with Gasteiger partial charge >= 0.3 is 21.6 Å². The molecule has 0 spiro atoms. The van der Waals surface area contributed by atoms with Crippen molar-refractivity contribution in [1.29, 1.82) is 0 Å². The van der Waals surface area contributed by atoms with E-state index in [1.54, 1.807) is 7.11 Å². The lowest BCUT2D eigenvalue weighted by Gasteiger charge is -2.11. The molecule has 0 aliphatic carbocycles. The molecule has 0 aromatic heterocycles. The second-order valence-electron chi connectivity index (χ2n) is 3.05. The van der Waals surface area contributed by atoms with Crippen molar-refractivity contribution < 1.29 is 34.5 Å². The molecule has 0 aliphatic rings. The summed E-state index contributed by atoms with van der Waals surface area (Å²) < 4.78 is 21.1. The van der Waals surface area contributed by atoms with Crippen LogP contribution in [-0.2, 0) is 4.74 Å². The highest BCUT2D eigenvalue weighted by atomic mass is 127. The molecule has 84 valence electrons. The maximum absolute atomic E-state index is 9.44. The molecule has 1 rings (SSSR count). The predicted octanol–water partition coefficient (Wildman–Crippen LogP) is -1.04.